The van der Waals surface area contributed by atoms with Gasteiger partial charge in [-0.2, -0.15) is 0 Å². The predicted octanol–water partition coefficient (Wildman–Crippen LogP) is 3.89. The molecule has 2 amide bonds. The minimum absolute atomic E-state index is 0.104. The maximum absolute atomic E-state index is 13.9. The lowest BCUT2D eigenvalue weighted by molar-refractivity contribution is -0.119. The van der Waals surface area contributed by atoms with E-state index in [0.29, 0.717) is 31.2 Å². The molecule has 2 fully saturated rings. The number of hydrogen-bond acceptors (Lipinski definition) is 5. The summed E-state index contributed by atoms with van der Waals surface area (Å²) in [4.78, 5) is 33.2. The Hall–Kier alpha value is -2.94. The Morgan fingerprint density at radius 1 is 1.22 bits per heavy atom. The maximum Gasteiger partial charge on any atom is 0.409 e. The lowest BCUT2D eigenvalue weighted by Crippen LogP contribution is -2.45. The van der Waals surface area contributed by atoms with Crippen LogP contribution in [-0.2, 0) is 22.5 Å². The summed E-state index contributed by atoms with van der Waals surface area (Å²) in [6.45, 7) is 5.63. The average molecular weight is 498 g/mol. The van der Waals surface area contributed by atoms with E-state index in [2.05, 4.69) is 21.7 Å². The molecule has 1 N–H and O–H groups in total. The van der Waals surface area contributed by atoms with Crippen LogP contribution in [0.4, 0.5) is 9.18 Å². The number of carbonyl (C=O) groups excluding carboxylic acids is 2. The molecule has 4 atom stereocenters. The molecule has 2 aromatic rings. The third-order valence-electron chi connectivity index (χ3n) is 8.19. The van der Waals surface area contributed by atoms with Gasteiger partial charge in [-0.1, -0.05) is 12.1 Å². The first-order valence-electron chi connectivity index (χ1n) is 13.0. The molecule has 1 aromatic heterocycles. The molecule has 4 heterocycles. The fourth-order valence-corrected chi connectivity index (χ4v) is 6.68. The summed E-state index contributed by atoms with van der Waals surface area (Å²) in [7, 11) is 1.43. The molecule has 9 heteroatoms. The van der Waals surface area contributed by atoms with Gasteiger partial charge < -0.3 is 19.5 Å². The van der Waals surface area contributed by atoms with Crippen molar-refractivity contribution in [3.8, 4) is 0 Å². The van der Waals surface area contributed by atoms with Gasteiger partial charge in [0.15, 0.2) is 0 Å². The van der Waals surface area contributed by atoms with Gasteiger partial charge in [-0.15, -0.1) is 0 Å². The zero-order valence-electron chi connectivity index (χ0n) is 21.4. The highest BCUT2D eigenvalue weighted by Gasteiger charge is 2.42. The minimum atomic E-state index is -0.284. The van der Waals surface area contributed by atoms with Crippen molar-refractivity contribution in [2.75, 3.05) is 20.2 Å². The molecule has 5 rings (SSSR count). The summed E-state index contributed by atoms with van der Waals surface area (Å²) in [5.74, 6) is 0.641. The number of hydrogen-bond donors (Lipinski definition) is 1. The van der Waals surface area contributed by atoms with Gasteiger partial charge in [-0.3, -0.25) is 9.69 Å². The first-order valence-corrected chi connectivity index (χ1v) is 13.0. The lowest BCUT2D eigenvalue weighted by Gasteiger charge is -2.41. The van der Waals surface area contributed by atoms with Gasteiger partial charge in [0, 0.05) is 44.6 Å². The van der Waals surface area contributed by atoms with Crippen molar-refractivity contribution in [2.24, 2.45) is 0 Å². The fraction of sp³-hybridized carbons (Fsp3) is 0.593. The predicted molar refractivity (Wildman–Crippen MR) is 133 cm³/mol. The zero-order valence-corrected chi connectivity index (χ0v) is 21.4. The van der Waals surface area contributed by atoms with E-state index in [1.165, 1.54) is 26.2 Å². The van der Waals surface area contributed by atoms with Crippen LogP contribution in [0.1, 0.15) is 73.9 Å². The van der Waals surface area contributed by atoms with E-state index >= 15 is 0 Å². The zero-order chi connectivity index (χ0) is 25.4. The second kappa shape index (κ2) is 10.2. The SMILES string of the molecule is COC(=O)N1CCc2nc(C)n([C@H]3C[C@H]4CC[C@@H](C3)N4CC[C@H](NC(C)=O)c3cccc(F)c3)c2C1. The Kier molecular flexibility index (Phi) is 7.01. The fourth-order valence-electron chi connectivity index (χ4n) is 6.68. The molecule has 194 valence electrons. The lowest BCUT2D eigenvalue weighted by atomic mass is 9.95. The van der Waals surface area contributed by atoms with Crippen LogP contribution < -0.4 is 5.32 Å². The van der Waals surface area contributed by atoms with Crippen LogP contribution in [0, 0.1) is 12.7 Å². The van der Waals surface area contributed by atoms with Crippen molar-refractivity contribution >= 4 is 12.0 Å². The van der Waals surface area contributed by atoms with Crippen LogP contribution in [0.3, 0.4) is 0 Å². The van der Waals surface area contributed by atoms with Crippen LogP contribution in [0.25, 0.3) is 0 Å². The molecule has 36 heavy (non-hydrogen) atoms. The van der Waals surface area contributed by atoms with Crippen LogP contribution in [0.2, 0.25) is 0 Å². The van der Waals surface area contributed by atoms with Crippen molar-refractivity contribution in [2.45, 2.75) is 83.1 Å². The molecule has 0 saturated carbocycles. The average Bonchev–Trinajstić information content (AvgIpc) is 3.30. The number of ether oxygens (including phenoxy) is 1. The Labute approximate surface area is 211 Å². The number of nitrogens with one attached hydrogen (secondary N) is 1. The molecule has 2 saturated heterocycles. The second-order valence-electron chi connectivity index (χ2n) is 10.4. The summed E-state index contributed by atoms with van der Waals surface area (Å²) in [5.41, 5.74) is 3.07. The van der Waals surface area contributed by atoms with Crippen molar-refractivity contribution in [3.05, 3.63) is 52.9 Å². The monoisotopic (exact) mass is 497 g/mol. The summed E-state index contributed by atoms with van der Waals surface area (Å²) < 4.78 is 21.2. The van der Waals surface area contributed by atoms with Crippen LogP contribution in [-0.4, -0.2) is 63.6 Å². The number of fused-ring (bicyclic) bond motifs is 3. The number of amides is 2. The molecule has 0 radical (unpaired) electrons. The first kappa shape index (κ1) is 24.7. The van der Waals surface area contributed by atoms with Gasteiger partial charge in [0.05, 0.1) is 31.1 Å². The number of halogens is 1. The minimum Gasteiger partial charge on any atom is -0.453 e. The van der Waals surface area contributed by atoms with Crippen LogP contribution in [0.5, 0.6) is 0 Å². The van der Waals surface area contributed by atoms with Gasteiger partial charge in [-0.25, -0.2) is 14.2 Å². The molecule has 1 aromatic carbocycles. The number of aryl methyl sites for hydroxylation is 1. The molecule has 0 aliphatic carbocycles. The first-order chi connectivity index (χ1) is 17.3. The molecule has 2 bridgehead atoms. The number of aromatic nitrogens is 2. The van der Waals surface area contributed by atoms with Crippen molar-refractivity contribution in [1.29, 1.82) is 0 Å². The number of carbonyl (C=O) groups is 2. The Morgan fingerprint density at radius 2 is 1.97 bits per heavy atom. The highest BCUT2D eigenvalue weighted by Crippen LogP contribution is 2.43. The van der Waals surface area contributed by atoms with E-state index in [9.17, 15) is 14.0 Å². The number of imidazole rings is 1. The second-order valence-corrected chi connectivity index (χ2v) is 10.4. The normalized spacial score (nSPS) is 24.3. The van der Waals surface area contributed by atoms with Crippen LogP contribution >= 0.6 is 0 Å². The number of methoxy groups -OCH3 is 1. The van der Waals surface area contributed by atoms with Gasteiger partial charge in [0.1, 0.15) is 11.6 Å². The number of piperidine rings is 1. The van der Waals surface area contributed by atoms with Gasteiger partial charge in [0.25, 0.3) is 0 Å². The molecule has 0 unspecified atom stereocenters. The summed E-state index contributed by atoms with van der Waals surface area (Å²) in [5, 5.41) is 3.02. The van der Waals surface area contributed by atoms with Gasteiger partial charge in [0.2, 0.25) is 5.91 Å². The van der Waals surface area contributed by atoms with Crippen molar-refractivity contribution < 1.29 is 18.7 Å². The number of rotatable bonds is 6. The highest BCUT2D eigenvalue weighted by molar-refractivity contribution is 5.73. The molecular formula is C27H36FN5O3. The standard InChI is InChI=1S/C27H36FN5O3/c1-17-29-25-9-11-31(27(35)36-3)16-26(25)33(17)23-14-21-7-8-22(15-23)32(21)12-10-24(30-18(2)34)19-5-4-6-20(28)13-19/h4-6,13,21-24H,7-12,14-16H2,1-3H3,(H,30,34)/t21-,22+,23+,24-/m0/s1. The van der Waals surface area contributed by atoms with E-state index in [-0.39, 0.29) is 23.9 Å². The summed E-state index contributed by atoms with van der Waals surface area (Å²) >= 11 is 0. The van der Waals surface area contributed by atoms with E-state index in [1.54, 1.807) is 11.0 Å². The molecule has 3 aliphatic heterocycles. The molecule has 3 aliphatic rings. The van der Waals surface area contributed by atoms with E-state index in [1.807, 2.05) is 6.07 Å². The van der Waals surface area contributed by atoms with E-state index in [4.69, 9.17) is 9.72 Å². The third kappa shape index (κ3) is 4.85. The van der Waals surface area contributed by atoms with Gasteiger partial charge in [-0.05, 0) is 56.7 Å². The maximum atomic E-state index is 13.9. The number of benzene rings is 1. The topological polar surface area (TPSA) is 79.7 Å². The molecule has 0 spiro atoms. The Morgan fingerprint density at radius 3 is 2.64 bits per heavy atom. The summed E-state index contributed by atoms with van der Waals surface area (Å²) in [6, 6.07) is 7.63. The van der Waals surface area contributed by atoms with Crippen LogP contribution in [0.15, 0.2) is 24.3 Å². The molecular weight excluding hydrogens is 461 g/mol. The number of nitrogens with zero attached hydrogens (tertiary/aromatic N) is 4. The molecule has 8 nitrogen and oxygen atoms in total. The van der Waals surface area contributed by atoms with E-state index in [0.717, 1.165) is 67.8 Å². The highest BCUT2D eigenvalue weighted by atomic mass is 19.1. The van der Waals surface area contributed by atoms with Crippen molar-refractivity contribution in [1.82, 2.24) is 24.7 Å². The van der Waals surface area contributed by atoms with E-state index < -0.39 is 0 Å². The van der Waals surface area contributed by atoms with Gasteiger partial charge >= 0.3 is 6.09 Å². The smallest absolute Gasteiger partial charge is 0.409 e. The Bertz CT molecular complexity index is 1120. The largest absolute Gasteiger partial charge is 0.453 e. The Balaban J connectivity index is 1.28. The summed E-state index contributed by atoms with van der Waals surface area (Å²) in [6.07, 6.45) is 5.63. The quantitative estimate of drug-likeness (QED) is 0.655. The van der Waals surface area contributed by atoms with Crippen molar-refractivity contribution in [3.63, 3.8) is 0 Å². The third-order valence-corrected chi connectivity index (χ3v) is 8.19.